The lowest BCUT2D eigenvalue weighted by molar-refractivity contribution is -0.142. The molecule has 216 valence electrons. The molecule has 38 heavy (non-hydrogen) atoms. The first-order valence-electron chi connectivity index (χ1n) is 14.0. The number of benzene rings is 1. The fourth-order valence-electron chi connectivity index (χ4n) is 4.28. The molecule has 2 atom stereocenters. The normalized spacial score (nSPS) is 13.1. The minimum absolute atomic E-state index is 0.0798. The predicted octanol–water partition coefficient (Wildman–Crippen LogP) is 6.31. The van der Waals surface area contributed by atoms with Gasteiger partial charge in [-0.1, -0.05) is 50.8 Å². The number of thioether (sulfide) groups is 1. The van der Waals surface area contributed by atoms with Crippen LogP contribution in [-0.4, -0.2) is 59.0 Å². The van der Waals surface area contributed by atoms with Crippen LogP contribution in [0, 0.1) is 13.8 Å². The van der Waals surface area contributed by atoms with Gasteiger partial charge in [-0.15, -0.1) is 0 Å². The number of rotatable bonds is 15. The van der Waals surface area contributed by atoms with Crippen molar-refractivity contribution in [2.24, 2.45) is 0 Å². The third kappa shape index (κ3) is 11.7. The molecule has 0 aromatic heterocycles. The number of hydrogen-bond acceptors (Lipinski definition) is 5. The molecule has 0 aliphatic carbocycles. The van der Waals surface area contributed by atoms with Crippen molar-refractivity contribution in [2.75, 3.05) is 18.6 Å². The molecule has 0 fully saturated rings. The standard InChI is InChI=1S/C30H51N3O4S/c1-10-11-12-13-14-19-33(28(35)25(18-20-38-9)32-29(36)37-30(6,7)8)26(27(34)31-21(2)3)24-17-15-16-22(4)23(24)5/h15-17,21,25-26H,10-14,18-20H2,1-9H3,(H,31,34)(H,32,36). The summed E-state index contributed by atoms with van der Waals surface area (Å²) in [5.41, 5.74) is 2.17. The molecule has 1 aromatic carbocycles. The van der Waals surface area contributed by atoms with Crippen LogP contribution < -0.4 is 10.6 Å². The van der Waals surface area contributed by atoms with Gasteiger partial charge in [-0.3, -0.25) is 9.59 Å². The summed E-state index contributed by atoms with van der Waals surface area (Å²) in [6.45, 7) is 15.8. The highest BCUT2D eigenvalue weighted by atomic mass is 32.2. The molecule has 2 N–H and O–H groups in total. The second-order valence-corrected chi connectivity index (χ2v) is 12.3. The highest BCUT2D eigenvalue weighted by Crippen LogP contribution is 2.28. The van der Waals surface area contributed by atoms with Crippen molar-refractivity contribution in [1.29, 1.82) is 0 Å². The highest BCUT2D eigenvalue weighted by molar-refractivity contribution is 7.98. The SMILES string of the molecule is CCCCCCCN(C(=O)C(CCSC)NC(=O)OC(C)(C)C)C(C(=O)NC(C)C)c1cccc(C)c1C. The lowest BCUT2D eigenvalue weighted by atomic mass is 9.94. The Labute approximate surface area is 235 Å². The summed E-state index contributed by atoms with van der Waals surface area (Å²) in [4.78, 5) is 42.4. The summed E-state index contributed by atoms with van der Waals surface area (Å²) in [6.07, 6.45) is 6.87. The van der Waals surface area contributed by atoms with Crippen LogP contribution in [0.15, 0.2) is 18.2 Å². The van der Waals surface area contributed by atoms with Crippen LogP contribution >= 0.6 is 11.8 Å². The Balaban J connectivity index is 3.51. The average Bonchev–Trinajstić information content (AvgIpc) is 2.81. The molecule has 0 radical (unpaired) electrons. The van der Waals surface area contributed by atoms with Gasteiger partial charge in [-0.05, 0) is 90.0 Å². The van der Waals surface area contributed by atoms with Crippen LogP contribution in [0.3, 0.4) is 0 Å². The lowest BCUT2D eigenvalue weighted by Gasteiger charge is -2.35. The van der Waals surface area contributed by atoms with Gasteiger partial charge >= 0.3 is 6.09 Å². The van der Waals surface area contributed by atoms with E-state index in [1.54, 1.807) is 37.4 Å². The van der Waals surface area contributed by atoms with E-state index < -0.39 is 23.8 Å². The molecule has 0 saturated heterocycles. The Morgan fingerprint density at radius 3 is 2.26 bits per heavy atom. The summed E-state index contributed by atoms with van der Waals surface area (Å²) >= 11 is 1.61. The lowest BCUT2D eigenvalue weighted by Crippen LogP contribution is -2.54. The van der Waals surface area contributed by atoms with Gasteiger partial charge in [0, 0.05) is 12.6 Å². The van der Waals surface area contributed by atoms with E-state index in [1.165, 1.54) is 0 Å². The van der Waals surface area contributed by atoms with Gasteiger partial charge in [0.2, 0.25) is 11.8 Å². The van der Waals surface area contributed by atoms with Crippen LogP contribution in [0.4, 0.5) is 4.79 Å². The van der Waals surface area contributed by atoms with Gasteiger partial charge in [0.1, 0.15) is 17.7 Å². The molecular weight excluding hydrogens is 498 g/mol. The molecule has 0 bridgehead atoms. The molecule has 0 heterocycles. The molecule has 7 nitrogen and oxygen atoms in total. The fourth-order valence-corrected chi connectivity index (χ4v) is 4.75. The van der Waals surface area contributed by atoms with E-state index in [4.69, 9.17) is 4.74 Å². The van der Waals surface area contributed by atoms with Crippen LogP contribution in [0.5, 0.6) is 0 Å². The minimum atomic E-state index is -0.799. The summed E-state index contributed by atoms with van der Waals surface area (Å²) < 4.78 is 5.48. The molecule has 0 spiro atoms. The van der Waals surface area contributed by atoms with E-state index in [1.807, 2.05) is 52.1 Å². The molecule has 3 amide bonds. The number of alkyl carbamates (subject to hydrolysis) is 1. The molecule has 2 unspecified atom stereocenters. The number of aryl methyl sites for hydroxylation is 1. The first kappa shape index (κ1) is 33.8. The van der Waals surface area contributed by atoms with Crippen LogP contribution in [-0.2, 0) is 14.3 Å². The maximum Gasteiger partial charge on any atom is 0.408 e. The Kier molecular flexibility index (Phi) is 14.8. The first-order valence-corrected chi connectivity index (χ1v) is 15.4. The van der Waals surface area contributed by atoms with E-state index in [0.717, 1.165) is 48.8 Å². The summed E-state index contributed by atoms with van der Waals surface area (Å²) in [6, 6.07) is 4.20. The highest BCUT2D eigenvalue weighted by Gasteiger charge is 2.36. The zero-order valence-electron chi connectivity index (χ0n) is 25.1. The van der Waals surface area contributed by atoms with E-state index in [9.17, 15) is 14.4 Å². The summed E-state index contributed by atoms with van der Waals surface area (Å²) in [5, 5.41) is 5.85. The van der Waals surface area contributed by atoms with E-state index >= 15 is 0 Å². The number of amides is 3. The number of hydrogen-bond donors (Lipinski definition) is 2. The molecule has 1 rings (SSSR count). The maximum atomic E-state index is 14.2. The predicted molar refractivity (Wildman–Crippen MR) is 159 cm³/mol. The van der Waals surface area contributed by atoms with Crippen molar-refractivity contribution >= 4 is 29.7 Å². The van der Waals surface area contributed by atoms with Gasteiger partial charge < -0.3 is 20.3 Å². The summed E-state index contributed by atoms with van der Waals surface area (Å²) in [7, 11) is 0. The zero-order valence-corrected chi connectivity index (χ0v) is 25.9. The minimum Gasteiger partial charge on any atom is -0.444 e. The fraction of sp³-hybridized carbons (Fsp3) is 0.700. The van der Waals surface area contributed by atoms with Gasteiger partial charge in [0.15, 0.2) is 0 Å². The smallest absolute Gasteiger partial charge is 0.408 e. The largest absolute Gasteiger partial charge is 0.444 e. The van der Waals surface area contributed by atoms with Gasteiger partial charge in [-0.25, -0.2) is 4.79 Å². The molecule has 0 saturated carbocycles. The average molecular weight is 550 g/mol. The Morgan fingerprint density at radius 2 is 1.68 bits per heavy atom. The van der Waals surface area contributed by atoms with E-state index in [-0.39, 0.29) is 17.9 Å². The second kappa shape index (κ2) is 16.7. The van der Waals surface area contributed by atoms with E-state index in [2.05, 4.69) is 17.6 Å². The van der Waals surface area contributed by atoms with Crippen LogP contribution in [0.25, 0.3) is 0 Å². The van der Waals surface area contributed by atoms with Crippen LogP contribution in [0.2, 0.25) is 0 Å². The number of carbonyl (C=O) groups excluding carboxylic acids is 3. The van der Waals surface area contributed by atoms with E-state index in [0.29, 0.717) is 18.7 Å². The second-order valence-electron chi connectivity index (χ2n) is 11.3. The third-order valence-electron chi connectivity index (χ3n) is 6.32. The molecule has 0 aliphatic heterocycles. The monoisotopic (exact) mass is 549 g/mol. The topological polar surface area (TPSA) is 87.7 Å². The molecule has 0 aliphatic rings. The maximum absolute atomic E-state index is 14.2. The van der Waals surface area contributed by atoms with Crippen molar-refractivity contribution in [2.45, 2.75) is 118 Å². The third-order valence-corrected chi connectivity index (χ3v) is 6.96. The zero-order chi connectivity index (χ0) is 28.9. The number of carbonyl (C=O) groups is 3. The van der Waals surface area contributed by atoms with Gasteiger partial charge in [-0.2, -0.15) is 11.8 Å². The van der Waals surface area contributed by atoms with Crippen molar-refractivity contribution < 1.29 is 19.1 Å². The number of nitrogens with one attached hydrogen (secondary N) is 2. The number of ether oxygens (including phenoxy) is 1. The Bertz CT molecular complexity index is 898. The van der Waals surface area contributed by atoms with Gasteiger partial charge in [0.05, 0.1) is 0 Å². The number of nitrogens with zero attached hydrogens (tertiary/aromatic N) is 1. The summed E-state index contributed by atoms with van der Waals surface area (Å²) in [5.74, 6) is 0.213. The Hall–Kier alpha value is -2.22. The number of unbranched alkanes of at least 4 members (excludes halogenated alkanes) is 4. The van der Waals surface area contributed by atoms with Crippen molar-refractivity contribution in [3.05, 3.63) is 34.9 Å². The van der Waals surface area contributed by atoms with Crippen molar-refractivity contribution in [3.63, 3.8) is 0 Å². The van der Waals surface area contributed by atoms with Crippen molar-refractivity contribution in [3.8, 4) is 0 Å². The Morgan fingerprint density at radius 1 is 1.03 bits per heavy atom. The molecule has 1 aromatic rings. The quantitative estimate of drug-likeness (QED) is 0.250. The molecular formula is C30H51N3O4S. The van der Waals surface area contributed by atoms with Gasteiger partial charge in [0.25, 0.3) is 0 Å². The molecule has 8 heteroatoms. The first-order chi connectivity index (χ1) is 17.8. The van der Waals surface area contributed by atoms with Crippen LogP contribution in [0.1, 0.15) is 103 Å². The van der Waals surface area contributed by atoms with Crippen molar-refractivity contribution in [1.82, 2.24) is 15.5 Å².